The second-order valence-corrected chi connectivity index (χ2v) is 8.86. The minimum absolute atomic E-state index is 0.0741. The van der Waals surface area contributed by atoms with Crippen LogP contribution in [-0.2, 0) is 23.9 Å². The molecule has 33 heavy (non-hydrogen) atoms. The summed E-state index contributed by atoms with van der Waals surface area (Å²) >= 11 is 6.00. The molecule has 9 nitrogen and oxygen atoms in total. The molecular formula is C23H25ClN2O7. The van der Waals surface area contributed by atoms with Crippen LogP contribution < -0.4 is 5.32 Å². The Bertz CT molecular complexity index is 1110. The van der Waals surface area contributed by atoms with E-state index in [2.05, 4.69) is 5.32 Å². The highest BCUT2D eigenvalue weighted by Gasteiger charge is 2.47. The molecule has 0 saturated carbocycles. The molecule has 176 valence electrons. The van der Waals surface area contributed by atoms with E-state index in [4.69, 9.17) is 21.1 Å². The van der Waals surface area contributed by atoms with E-state index < -0.39 is 40.6 Å². The number of nitro benzene ring substituents is 1. The van der Waals surface area contributed by atoms with Crippen LogP contribution in [0.3, 0.4) is 0 Å². The first kappa shape index (κ1) is 24.4. The Labute approximate surface area is 195 Å². The molecule has 0 fully saturated rings. The summed E-state index contributed by atoms with van der Waals surface area (Å²) in [7, 11) is 1.21. The van der Waals surface area contributed by atoms with Crippen LogP contribution in [0.5, 0.6) is 0 Å². The maximum absolute atomic E-state index is 13.6. The summed E-state index contributed by atoms with van der Waals surface area (Å²) in [5.74, 6) is -4.19. The molecular weight excluding hydrogens is 452 g/mol. The van der Waals surface area contributed by atoms with Crippen LogP contribution in [0.25, 0.3) is 0 Å². The molecule has 1 aromatic rings. The quantitative estimate of drug-likeness (QED) is 0.294. The van der Waals surface area contributed by atoms with Gasteiger partial charge in [-0.1, -0.05) is 24.6 Å². The molecule has 0 bridgehead atoms. The molecule has 0 spiro atoms. The zero-order valence-corrected chi connectivity index (χ0v) is 19.7. The van der Waals surface area contributed by atoms with Crippen LogP contribution in [-0.4, -0.2) is 35.9 Å². The third-order valence-electron chi connectivity index (χ3n) is 5.81. The van der Waals surface area contributed by atoms with E-state index in [1.54, 1.807) is 27.7 Å². The number of methoxy groups -OCH3 is 1. The molecule has 2 aliphatic rings. The number of allylic oxidation sites excluding steroid dienone is 3. The number of dihydropyridines is 1. The lowest BCUT2D eigenvalue weighted by Crippen LogP contribution is -2.43. The fourth-order valence-corrected chi connectivity index (χ4v) is 4.60. The minimum Gasteiger partial charge on any atom is -0.468 e. The van der Waals surface area contributed by atoms with Crippen molar-refractivity contribution in [2.24, 2.45) is 11.8 Å². The molecule has 0 saturated heterocycles. The van der Waals surface area contributed by atoms with Gasteiger partial charge < -0.3 is 14.8 Å². The Morgan fingerprint density at radius 3 is 2.55 bits per heavy atom. The van der Waals surface area contributed by atoms with Crippen molar-refractivity contribution in [2.75, 3.05) is 7.11 Å². The Morgan fingerprint density at radius 1 is 1.30 bits per heavy atom. The predicted molar refractivity (Wildman–Crippen MR) is 119 cm³/mol. The van der Waals surface area contributed by atoms with Gasteiger partial charge in [-0.2, -0.15) is 0 Å². The number of benzene rings is 1. The second kappa shape index (κ2) is 9.35. The molecule has 0 unspecified atom stereocenters. The van der Waals surface area contributed by atoms with Crippen LogP contribution in [0.15, 0.2) is 40.7 Å². The van der Waals surface area contributed by atoms with Gasteiger partial charge in [0.05, 0.1) is 23.7 Å². The normalized spacial score (nSPS) is 22.6. The van der Waals surface area contributed by atoms with Gasteiger partial charge in [0.1, 0.15) is 10.9 Å². The van der Waals surface area contributed by atoms with Crippen molar-refractivity contribution in [3.8, 4) is 0 Å². The number of Topliss-reactive ketones (excluding diaryl/α,β-unsaturated/α-hetero) is 1. The fraction of sp³-hybridized carbons (Fsp3) is 0.435. The van der Waals surface area contributed by atoms with Gasteiger partial charge in [0.2, 0.25) is 0 Å². The highest BCUT2D eigenvalue weighted by atomic mass is 35.5. The molecule has 0 aromatic heterocycles. The lowest BCUT2D eigenvalue weighted by atomic mass is 9.69. The number of esters is 2. The molecule has 3 rings (SSSR count). The number of rotatable bonds is 5. The number of halogens is 1. The molecule has 1 aliphatic heterocycles. The number of carbonyl (C=O) groups is 3. The van der Waals surface area contributed by atoms with E-state index in [0.717, 1.165) is 0 Å². The zero-order valence-electron chi connectivity index (χ0n) is 18.9. The number of ether oxygens (including phenoxy) is 2. The molecule has 0 radical (unpaired) electrons. The Kier molecular flexibility index (Phi) is 6.92. The van der Waals surface area contributed by atoms with E-state index in [-0.39, 0.29) is 27.8 Å². The smallest absolute Gasteiger partial charge is 0.337 e. The first-order valence-corrected chi connectivity index (χ1v) is 10.8. The van der Waals surface area contributed by atoms with Gasteiger partial charge in [-0.25, -0.2) is 4.79 Å². The molecule has 1 N–H and O–H groups in total. The third-order valence-corrected chi connectivity index (χ3v) is 6.13. The summed E-state index contributed by atoms with van der Waals surface area (Å²) in [5, 5.41) is 14.6. The summed E-state index contributed by atoms with van der Waals surface area (Å²) in [4.78, 5) is 50.0. The zero-order chi connectivity index (χ0) is 24.6. The second-order valence-electron chi connectivity index (χ2n) is 8.46. The Hall–Kier alpha value is -3.20. The fourth-order valence-electron chi connectivity index (χ4n) is 4.41. The van der Waals surface area contributed by atoms with Crippen molar-refractivity contribution in [1.82, 2.24) is 5.32 Å². The standard InChI is InChI=1S/C23H25ClN2O7/c1-10(2)33-23(29)18-12(4)25-15-8-11(3)17(22(28)32-5)21(27)20(15)19(18)13-6-7-14(24)16(9-13)26(30)31/h6-7,9-11,17,19,25H,8H2,1-5H3/t11-,17+,19-/m0/s1. The summed E-state index contributed by atoms with van der Waals surface area (Å²) in [6.45, 7) is 6.84. The third kappa shape index (κ3) is 4.50. The van der Waals surface area contributed by atoms with Crippen molar-refractivity contribution >= 4 is 35.0 Å². The predicted octanol–water partition coefficient (Wildman–Crippen LogP) is 3.81. The summed E-state index contributed by atoms with van der Waals surface area (Å²) < 4.78 is 10.3. The maximum atomic E-state index is 13.6. The average Bonchev–Trinajstić information content (AvgIpc) is 2.72. The highest BCUT2D eigenvalue weighted by molar-refractivity contribution is 6.32. The highest BCUT2D eigenvalue weighted by Crippen LogP contribution is 2.46. The van der Waals surface area contributed by atoms with Crippen LogP contribution in [0.1, 0.15) is 45.6 Å². The van der Waals surface area contributed by atoms with E-state index in [1.165, 1.54) is 25.3 Å². The largest absolute Gasteiger partial charge is 0.468 e. The maximum Gasteiger partial charge on any atom is 0.337 e. The summed E-state index contributed by atoms with van der Waals surface area (Å²) in [5.41, 5.74) is 1.34. The van der Waals surface area contributed by atoms with E-state index in [9.17, 15) is 24.5 Å². The van der Waals surface area contributed by atoms with E-state index in [0.29, 0.717) is 23.4 Å². The molecule has 10 heteroatoms. The van der Waals surface area contributed by atoms with Crippen LogP contribution in [0, 0.1) is 22.0 Å². The van der Waals surface area contributed by atoms with Crippen molar-refractivity contribution < 1.29 is 28.8 Å². The molecule has 0 amide bonds. The Balaban J connectivity index is 2.25. The van der Waals surface area contributed by atoms with Crippen molar-refractivity contribution in [1.29, 1.82) is 0 Å². The van der Waals surface area contributed by atoms with Gasteiger partial charge in [-0.05, 0) is 44.7 Å². The number of hydrogen-bond donors (Lipinski definition) is 1. The van der Waals surface area contributed by atoms with Crippen molar-refractivity contribution in [2.45, 2.75) is 46.1 Å². The van der Waals surface area contributed by atoms with Gasteiger partial charge in [0.25, 0.3) is 5.69 Å². The SMILES string of the molecule is COC(=O)[C@H]1C(=O)C2=C(C[C@@H]1C)NC(C)=C(C(=O)OC(C)C)[C@@H]2c1ccc(Cl)c([N+](=O)[O-])c1. The van der Waals surface area contributed by atoms with Gasteiger partial charge in [0, 0.05) is 29.0 Å². The number of hydrogen-bond acceptors (Lipinski definition) is 8. The van der Waals surface area contributed by atoms with Crippen molar-refractivity contribution in [3.05, 3.63) is 61.4 Å². The number of ketones is 1. The summed E-state index contributed by atoms with van der Waals surface area (Å²) in [6, 6.07) is 4.13. The van der Waals surface area contributed by atoms with E-state index >= 15 is 0 Å². The first-order valence-electron chi connectivity index (χ1n) is 10.5. The monoisotopic (exact) mass is 476 g/mol. The Morgan fingerprint density at radius 2 is 1.97 bits per heavy atom. The number of nitrogens with one attached hydrogen (secondary N) is 1. The van der Waals surface area contributed by atoms with Crippen LogP contribution in [0.2, 0.25) is 5.02 Å². The molecule has 1 aromatic carbocycles. The molecule has 3 atom stereocenters. The topological polar surface area (TPSA) is 125 Å². The van der Waals surface area contributed by atoms with Gasteiger partial charge >= 0.3 is 11.9 Å². The summed E-state index contributed by atoms with van der Waals surface area (Å²) in [6.07, 6.45) is -0.0741. The molecule has 1 heterocycles. The van der Waals surface area contributed by atoms with Gasteiger partial charge in [-0.15, -0.1) is 0 Å². The lowest BCUT2D eigenvalue weighted by molar-refractivity contribution is -0.384. The number of nitro groups is 1. The molecule has 1 aliphatic carbocycles. The van der Waals surface area contributed by atoms with E-state index in [1.807, 2.05) is 0 Å². The van der Waals surface area contributed by atoms with Crippen LogP contribution in [0.4, 0.5) is 5.69 Å². The van der Waals surface area contributed by atoms with Crippen molar-refractivity contribution in [3.63, 3.8) is 0 Å². The van der Waals surface area contributed by atoms with Gasteiger partial charge in [-0.3, -0.25) is 19.7 Å². The van der Waals surface area contributed by atoms with Gasteiger partial charge in [0.15, 0.2) is 5.78 Å². The average molecular weight is 477 g/mol. The first-order chi connectivity index (χ1) is 15.5. The minimum atomic E-state index is -1.05. The van der Waals surface area contributed by atoms with Crippen LogP contribution >= 0.6 is 11.6 Å². The lowest BCUT2D eigenvalue weighted by Gasteiger charge is -2.38. The number of carbonyl (C=O) groups excluding carboxylic acids is 3. The number of nitrogens with zero attached hydrogens (tertiary/aromatic N) is 1.